The highest BCUT2D eigenvalue weighted by molar-refractivity contribution is 7.89. The normalized spacial score (nSPS) is 11.5. The number of hydrogen-bond donors (Lipinski definition) is 1. The average Bonchev–Trinajstić information content (AvgIpc) is 3.34. The van der Waals surface area contributed by atoms with Crippen molar-refractivity contribution >= 4 is 21.7 Å². The molecular formula is C25H26N4O4S. The minimum atomic E-state index is -3.63. The molecule has 4 rings (SSSR count). The van der Waals surface area contributed by atoms with E-state index in [2.05, 4.69) is 15.3 Å². The second-order valence-corrected chi connectivity index (χ2v) is 9.34. The third kappa shape index (κ3) is 4.80. The summed E-state index contributed by atoms with van der Waals surface area (Å²) in [5, 5.41) is 3.05. The Morgan fingerprint density at radius 3 is 2.47 bits per heavy atom. The van der Waals surface area contributed by atoms with Crippen LogP contribution in [0.1, 0.15) is 13.8 Å². The number of rotatable bonds is 9. The highest BCUT2D eigenvalue weighted by Crippen LogP contribution is 2.33. The van der Waals surface area contributed by atoms with Gasteiger partial charge in [0.1, 0.15) is 5.75 Å². The van der Waals surface area contributed by atoms with Gasteiger partial charge < -0.3 is 14.5 Å². The molecule has 9 heteroatoms. The number of oxazole rings is 1. The molecule has 0 atom stereocenters. The second-order valence-electron chi connectivity index (χ2n) is 7.40. The number of nitrogens with one attached hydrogen (secondary N) is 1. The zero-order valence-electron chi connectivity index (χ0n) is 19.2. The van der Waals surface area contributed by atoms with E-state index in [9.17, 15) is 8.42 Å². The molecule has 34 heavy (non-hydrogen) atoms. The van der Waals surface area contributed by atoms with Crippen molar-refractivity contribution < 1.29 is 17.6 Å². The van der Waals surface area contributed by atoms with Gasteiger partial charge in [0.2, 0.25) is 10.0 Å². The molecule has 0 bridgehead atoms. The van der Waals surface area contributed by atoms with Gasteiger partial charge in [-0.15, -0.1) is 0 Å². The van der Waals surface area contributed by atoms with Gasteiger partial charge in [0.25, 0.3) is 6.01 Å². The van der Waals surface area contributed by atoms with Crippen molar-refractivity contribution in [3.8, 4) is 28.3 Å². The maximum Gasteiger partial charge on any atom is 0.299 e. The van der Waals surface area contributed by atoms with Crippen molar-refractivity contribution in [2.24, 2.45) is 0 Å². The van der Waals surface area contributed by atoms with Gasteiger partial charge in [-0.2, -0.15) is 4.31 Å². The van der Waals surface area contributed by atoms with Crippen molar-refractivity contribution in [1.29, 1.82) is 0 Å². The molecule has 0 saturated heterocycles. The molecular weight excluding hydrogens is 452 g/mol. The van der Waals surface area contributed by atoms with Gasteiger partial charge in [-0.05, 0) is 36.4 Å². The first-order valence-corrected chi connectivity index (χ1v) is 12.3. The predicted octanol–water partition coefficient (Wildman–Crippen LogP) is 5.19. The monoisotopic (exact) mass is 478 g/mol. The van der Waals surface area contributed by atoms with Gasteiger partial charge in [-0.25, -0.2) is 13.4 Å². The fourth-order valence-electron chi connectivity index (χ4n) is 3.60. The van der Waals surface area contributed by atoms with Crippen molar-refractivity contribution in [2.45, 2.75) is 18.7 Å². The molecule has 0 saturated carbocycles. The van der Waals surface area contributed by atoms with E-state index in [1.165, 1.54) is 23.5 Å². The summed E-state index contributed by atoms with van der Waals surface area (Å²) in [6.45, 7) is 4.38. The first-order chi connectivity index (χ1) is 16.5. The number of nitrogens with zero attached hydrogens (tertiary/aromatic N) is 3. The molecule has 4 aromatic rings. The topological polar surface area (TPSA) is 97.6 Å². The molecule has 0 aliphatic rings. The van der Waals surface area contributed by atoms with E-state index >= 15 is 0 Å². The SMILES string of the molecule is CCN(CC)S(=O)(=O)c1ccc(OC)c(Nc2ncc(-c3cccc(-c4ccccn4)c3)o2)c1. The Balaban J connectivity index is 1.62. The lowest BCUT2D eigenvalue weighted by molar-refractivity contribution is 0.415. The van der Waals surface area contributed by atoms with Crippen molar-refractivity contribution in [2.75, 3.05) is 25.5 Å². The Morgan fingerprint density at radius 2 is 1.76 bits per heavy atom. The van der Waals surface area contributed by atoms with Crippen LogP contribution in [-0.2, 0) is 10.0 Å². The van der Waals surface area contributed by atoms with Crippen LogP contribution in [0.15, 0.2) is 82.4 Å². The van der Waals surface area contributed by atoms with Crippen LogP contribution >= 0.6 is 0 Å². The zero-order valence-corrected chi connectivity index (χ0v) is 20.0. The summed E-state index contributed by atoms with van der Waals surface area (Å²) in [6, 6.07) is 18.4. The highest BCUT2D eigenvalue weighted by Gasteiger charge is 2.23. The van der Waals surface area contributed by atoms with Gasteiger partial charge in [0.15, 0.2) is 5.76 Å². The molecule has 0 aliphatic carbocycles. The number of hydrogen-bond acceptors (Lipinski definition) is 7. The molecule has 0 radical (unpaired) electrons. The summed E-state index contributed by atoms with van der Waals surface area (Å²) < 4.78 is 38.6. The van der Waals surface area contributed by atoms with Gasteiger partial charge in [-0.3, -0.25) is 4.98 Å². The number of sulfonamides is 1. The van der Waals surface area contributed by atoms with Crippen LogP contribution in [0.3, 0.4) is 0 Å². The number of methoxy groups -OCH3 is 1. The summed E-state index contributed by atoms with van der Waals surface area (Å²) in [7, 11) is -2.11. The van der Waals surface area contributed by atoms with E-state index in [-0.39, 0.29) is 10.9 Å². The Bertz CT molecular complexity index is 1370. The van der Waals surface area contributed by atoms with E-state index in [4.69, 9.17) is 9.15 Å². The summed E-state index contributed by atoms with van der Waals surface area (Å²) in [6.07, 6.45) is 3.36. The second kappa shape index (κ2) is 10.1. The fourth-order valence-corrected chi connectivity index (χ4v) is 5.09. The molecule has 2 aromatic carbocycles. The number of benzene rings is 2. The van der Waals surface area contributed by atoms with Crippen molar-refractivity contribution in [3.05, 3.63) is 73.1 Å². The van der Waals surface area contributed by atoms with Crippen LogP contribution in [0.5, 0.6) is 5.75 Å². The number of anilines is 2. The van der Waals surface area contributed by atoms with E-state index in [0.717, 1.165) is 16.8 Å². The van der Waals surface area contributed by atoms with Gasteiger partial charge >= 0.3 is 0 Å². The lowest BCUT2D eigenvalue weighted by atomic mass is 10.1. The summed E-state index contributed by atoms with van der Waals surface area (Å²) in [5.74, 6) is 1.03. The molecule has 8 nitrogen and oxygen atoms in total. The third-order valence-electron chi connectivity index (χ3n) is 5.37. The first kappa shape index (κ1) is 23.5. The Labute approximate surface area is 199 Å². The lowest BCUT2D eigenvalue weighted by Gasteiger charge is -2.19. The van der Waals surface area contributed by atoms with Crippen LogP contribution in [0.2, 0.25) is 0 Å². The fraction of sp³-hybridized carbons (Fsp3) is 0.200. The minimum absolute atomic E-state index is 0.161. The molecule has 0 amide bonds. The predicted molar refractivity (Wildman–Crippen MR) is 132 cm³/mol. The number of aromatic nitrogens is 2. The molecule has 0 spiro atoms. The van der Waals surface area contributed by atoms with Crippen molar-refractivity contribution in [1.82, 2.24) is 14.3 Å². The van der Waals surface area contributed by atoms with Crippen LogP contribution in [0.4, 0.5) is 11.7 Å². The molecule has 0 fully saturated rings. The van der Waals surface area contributed by atoms with E-state index in [1.54, 1.807) is 32.3 Å². The quantitative estimate of drug-likeness (QED) is 0.354. The largest absolute Gasteiger partial charge is 0.495 e. The van der Waals surface area contributed by atoms with Crippen LogP contribution in [0, 0.1) is 0 Å². The van der Waals surface area contributed by atoms with E-state index < -0.39 is 10.0 Å². The van der Waals surface area contributed by atoms with Crippen LogP contribution in [-0.4, -0.2) is 42.9 Å². The zero-order chi connectivity index (χ0) is 24.1. The average molecular weight is 479 g/mol. The molecule has 1 N–H and O–H groups in total. The smallest absolute Gasteiger partial charge is 0.299 e. The number of ether oxygens (including phenoxy) is 1. The Morgan fingerprint density at radius 1 is 0.971 bits per heavy atom. The van der Waals surface area contributed by atoms with Crippen LogP contribution < -0.4 is 10.1 Å². The van der Waals surface area contributed by atoms with Gasteiger partial charge in [0, 0.05) is 30.4 Å². The minimum Gasteiger partial charge on any atom is -0.495 e. The Kier molecular flexibility index (Phi) is 6.95. The lowest BCUT2D eigenvalue weighted by Crippen LogP contribution is -2.30. The molecule has 0 aliphatic heterocycles. The summed E-state index contributed by atoms with van der Waals surface area (Å²) in [5.41, 5.74) is 3.10. The van der Waals surface area contributed by atoms with E-state index in [0.29, 0.717) is 30.3 Å². The Hall–Kier alpha value is -3.69. The van der Waals surface area contributed by atoms with Crippen molar-refractivity contribution in [3.63, 3.8) is 0 Å². The van der Waals surface area contributed by atoms with Gasteiger partial charge in [-0.1, -0.05) is 38.1 Å². The highest BCUT2D eigenvalue weighted by atomic mass is 32.2. The molecule has 2 aromatic heterocycles. The van der Waals surface area contributed by atoms with Gasteiger partial charge in [0.05, 0.1) is 29.6 Å². The standard InChI is InChI=1S/C25H26N4O4S/c1-4-29(5-2)34(30,31)20-12-13-23(32-3)22(16-20)28-25-27-17-24(33-25)19-10-8-9-18(15-19)21-11-6-7-14-26-21/h6-17H,4-5H2,1-3H3,(H,27,28). The maximum atomic E-state index is 12.9. The van der Waals surface area contributed by atoms with E-state index in [1.807, 2.05) is 42.5 Å². The third-order valence-corrected chi connectivity index (χ3v) is 7.42. The molecule has 0 unspecified atom stereocenters. The molecule has 176 valence electrons. The first-order valence-electron chi connectivity index (χ1n) is 10.9. The maximum absolute atomic E-state index is 12.9. The summed E-state index contributed by atoms with van der Waals surface area (Å²) >= 11 is 0. The van der Waals surface area contributed by atoms with Crippen LogP contribution in [0.25, 0.3) is 22.6 Å². The number of pyridine rings is 1. The molecule has 2 heterocycles. The summed E-state index contributed by atoms with van der Waals surface area (Å²) in [4.78, 5) is 8.87.